The maximum Gasteiger partial charge on any atom is 0.246 e. The van der Waals surface area contributed by atoms with Crippen LogP contribution in [-0.4, -0.2) is 221 Å². The third-order valence-corrected chi connectivity index (χ3v) is 13.8. The van der Waals surface area contributed by atoms with Crippen LogP contribution in [0.1, 0.15) is 123 Å². The SMILES string of the molecule is C/C=C/C[C@@H](C)[C@H](O)C(C(=O)N[C@H](CC)C(=O)N(C)CC(=O)N(C)[C@@H](C)C(N)=O)N(C)C(=O)[C@H](C(C)C)N(C)C(=O)[C@@H](CC(C)C)N(C)C(=O)[C@H](CC(C)C)N(C)C(=O)[C@H](C)NC(=O)[C@@H](C)NC(=O)CN(C)C(=O)C(C)C. The van der Waals surface area contributed by atoms with Crippen LogP contribution >= 0.6 is 0 Å². The number of allylic oxidation sites excluding steroid dienone is 2. The highest BCUT2D eigenvalue weighted by molar-refractivity contribution is 5.98. The lowest BCUT2D eigenvalue weighted by molar-refractivity contribution is -0.157. The summed E-state index contributed by atoms with van der Waals surface area (Å²) >= 11 is 0. The molecule has 10 atom stereocenters. The van der Waals surface area contributed by atoms with Crippen molar-refractivity contribution in [1.29, 1.82) is 0 Å². The number of nitrogens with zero attached hydrogens (tertiary/aromatic N) is 7. The summed E-state index contributed by atoms with van der Waals surface area (Å²) in [6.45, 7) is 23.0. The maximum atomic E-state index is 15.0. The Morgan fingerprint density at radius 2 is 1.00 bits per heavy atom. The minimum Gasteiger partial charge on any atom is -0.390 e. The topological polar surface area (TPSA) is 293 Å². The van der Waals surface area contributed by atoms with E-state index in [9.17, 15) is 57.8 Å². The highest BCUT2D eigenvalue weighted by atomic mass is 16.3. The molecule has 11 amide bonds. The molecule has 0 aromatic heterocycles. The summed E-state index contributed by atoms with van der Waals surface area (Å²) in [5.74, 6) is -8.71. The van der Waals surface area contributed by atoms with Crippen molar-refractivity contribution in [3.05, 3.63) is 12.2 Å². The van der Waals surface area contributed by atoms with Crippen LogP contribution < -0.4 is 21.7 Å². The maximum absolute atomic E-state index is 15.0. The van der Waals surface area contributed by atoms with E-state index in [4.69, 9.17) is 5.73 Å². The fraction of sp³-hybridized carbons (Fsp3) is 0.759. The number of rotatable bonds is 31. The Bertz CT molecular complexity index is 2080. The molecule has 0 aromatic rings. The van der Waals surface area contributed by atoms with Gasteiger partial charge in [0.15, 0.2) is 0 Å². The molecule has 0 rings (SSSR count). The highest BCUT2D eigenvalue weighted by Gasteiger charge is 2.45. The predicted octanol–water partition coefficient (Wildman–Crippen LogP) is 0.815. The fourth-order valence-corrected chi connectivity index (χ4v) is 8.71. The standard InChI is InChI=1S/C54H97N11O12/c1-22-24-25-34(11)45(68)44(48(71)58-38(23-2)51(74)60(16)29-42(67)61(17)37(14)46(55)69)65(21)54(77)43(32(7)8)64(20)53(76)40(27-31(5)6)63(19)52(75)39(26-30(3)4)62(18)50(73)36(13)57-47(70)35(12)56-41(66)28-59(15)49(72)33(9)10/h22,24,30-40,43-45,68H,23,25-29H2,1-21H3,(H2,55,69)(H,56,66)(H,57,70)(H,58,71)/b24-22+/t34-,35-,36+,37+,38-,39+,40-,43+,44?,45+/m1/s1. The average Bonchev–Trinajstić information content (AvgIpc) is 3.35. The van der Waals surface area contributed by atoms with Gasteiger partial charge in [-0.3, -0.25) is 52.7 Å². The number of carbonyl (C=O) groups is 11. The van der Waals surface area contributed by atoms with Crippen molar-refractivity contribution in [1.82, 2.24) is 50.2 Å². The molecule has 6 N–H and O–H groups in total. The van der Waals surface area contributed by atoms with Crippen molar-refractivity contribution in [2.24, 2.45) is 35.3 Å². The summed E-state index contributed by atoms with van der Waals surface area (Å²) < 4.78 is 0. The van der Waals surface area contributed by atoms with Crippen molar-refractivity contribution in [3.63, 3.8) is 0 Å². The molecule has 23 heteroatoms. The third-order valence-electron chi connectivity index (χ3n) is 13.8. The minimum absolute atomic E-state index is 0.0566. The summed E-state index contributed by atoms with van der Waals surface area (Å²) in [6, 6.07) is -9.52. The van der Waals surface area contributed by atoms with Gasteiger partial charge in [0, 0.05) is 55.3 Å². The normalized spacial score (nSPS) is 15.5. The average molecular weight is 1090 g/mol. The van der Waals surface area contributed by atoms with Crippen LogP contribution in [0.25, 0.3) is 0 Å². The van der Waals surface area contributed by atoms with Crippen LogP contribution in [0, 0.1) is 29.6 Å². The molecule has 440 valence electrons. The molecule has 0 aliphatic carbocycles. The Kier molecular flexibility index (Phi) is 30.0. The van der Waals surface area contributed by atoms with Gasteiger partial charge in [0.2, 0.25) is 65.0 Å². The molecule has 0 spiro atoms. The van der Waals surface area contributed by atoms with Gasteiger partial charge in [-0.15, -0.1) is 0 Å². The predicted molar refractivity (Wildman–Crippen MR) is 294 cm³/mol. The Balaban J connectivity index is 6.96. The molecule has 23 nitrogen and oxygen atoms in total. The van der Waals surface area contributed by atoms with E-state index < -0.39 is 132 Å². The molecule has 0 saturated heterocycles. The van der Waals surface area contributed by atoms with Crippen LogP contribution in [-0.2, 0) is 52.7 Å². The van der Waals surface area contributed by atoms with E-state index in [-0.39, 0.29) is 49.5 Å². The molecule has 0 aromatic carbocycles. The molecule has 1 unspecified atom stereocenters. The van der Waals surface area contributed by atoms with Crippen LogP contribution in [0.4, 0.5) is 0 Å². The summed E-state index contributed by atoms with van der Waals surface area (Å²) in [6.07, 6.45) is 2.77. The van der Waals surface area contributed by atoms with Crippen LogP contribution in [0.2, 0.25) is 0 Å². The molecule has 0 fully saturated rings. The molecule has 0 bridgehead atoms. The van der Waals surface area contributed by atoms with Gasteiger partial charge in [-0.2, -0.15) is 0 Å². The fourth-order valence-electron chi connectivity index (χ4n) is 8.71. The molecule has 0 aliphatic rings. The van der Waals surface area contributed by atoms with Gasteiger partial charge in [0.05, 0.1) is 19.2 Å². The zero-order valence-corrected chi connectivity index (χ0v) is 50.1. The number of hydrogen-bond donors (Lipinski definition) is 5. The molecule has 0 heterocycles. The number of likely N-dealkylation sites (N-methyl/N-ethyl adjacent to an activating group) is 7. The van der Waals surface area contributed by atoms with Gasteiger partial charge in [-0.1, -0.05) is 81.4 Å². The molecular weight excluding hydrogens is 995 g/mol. The Morgan fingerprint density at radius 1 is 0.532 bits per heavy atom. The van der Waals surface area contributed by atoms with Gasteiger partial charge in [-0.05, 0) is 77.0 Å². The molecular formula is C54H97N11O12. The molecule has 0 aliphatic heterocycles. The first-order chi connectivity index (χ1) is 35.4. The van der Waals surface area contributed by atoms with Crippen molar-refractivity contribution >= 4 is 65.0 Å². The monoisotopic (exact) mass is 1090 g/mol. The van der Waals surface area contributed by atoms with Gasteiger partial charge in [0.25, 0.3) is 0 Å². The first kappa shape index (κ1) is 70.9. The van der Waals surface area contributed by atoms with E-state index in [1.807, 2.05) is 27.7 Å². The first-order valence-electron chi connectivity index (χ1n) is 26.7. The summed E-state index contributed by atoms with van der Waals surface area (Å²) in [5.41, 5.74) is 5.36. The Morgan fingerprint density at radius 3 is 1.44 bits per heavy atom. The number of aliphatic hydroxyl groups excluding tert-OH is 1. The van der Waals surface area contributed by atoms with E-state index in [2.05, 4.69) is 16.0 Å². The van der Waals surface area contributed by atoms with Crippen LogP contribution in [0.5, 0.6) is 0 Å². The van der Waals surface area contributed by atoms with Crippen molar-refractivity contribution < 1.29 is 57.8 Å². The highest BCUT2D eigenvalue weighted by Crippen LogP contribution is 2.25. The molecule has 77 heavy (non-hydrogen) atoms. The number of hydrogen-bond acceptors (Lipinski definition) is 12. The molecule has 0 radical (unpaired) electrons. The van der Waals surface area contributed by atoms with Crippen LogP contribution in [0.15, 0.2) is 12.2 Å². The second-order valence-electron chi connectivity index (χ2n) is 22.1. The van der Waals surface area contributed by atoms with Gasteiger partial charge in [0.1, 0.15) is 48.3 Å². The van der Waals surface area contributed by atoms with E-state index in [1.165, 1.54) is 89.7 Å². The zero-order chi connectivity index (χ0) is 60.3. The number of amides is 11. The lowest BCUT2D eigenvalue weighted by Crippen LogP contribution is -2.63. The van der Waals surface area contributed by atoms with E-state index in [1.54, 1.807) is 60.6 Å². The van der Waals surface area contributed by atoms with Crippen molar-refractivity contribution in [3.8, 4) is 0 Å². The number of carbonyl (C=O) groups excluding carboxylic acids is 11. The first-order valence-corrected chi connectivity index (χ1v) is 26.7. The van der Waals surface area contributed by atoms with Gasteiger partial charge < -0.3 is 61.1 Å². The minimum atomic E-state index is -1.59. The Hall–Kier alpha value is -6.13. The van der Waals surface area contributed by atoms with E-state index in [0.717, 1.165) is 14.7 Å². The number of aliphatic hydroxyl groups is 1. The smallest absolute Gasteiger partial charge is 0.246 e. The summed E-state index contributed by atoms with van der Waals surface area (Å²) in [5, 5.41) is 19.7. The van der Waals surface area contributed by atoms with E-state index in [0.29, 0.717) is 6.42 Å². The largest absolute Gasteiger partial charge is 0.390 e. The molecule has 0 saturated carbocycles. The van der Waals surface area contributed by atoms with Crippen molar-refractivity contribution in [2.75, 3.05) is 62.4 Å². The van der Waals surface area contributed by atoms with Gasteiger partial charge in [-0.25, -0.2) is 0 Å². The summed E-state index contributed by atoms with van der Waals surface area (Å²) in [4.78, 5) is 158. The lowest BCUT2D eigenvalue weighted by atomic mass is 9.91. The van der Waals surface area contributed by atoms with Crippen LogP contribution in [0.3, 0.4) is 0 Å². The van der Waals surface area contributed by atoms with Crippen molar-refractivity contribution in [2.45, 2.75) is 177 Å². The Labute approximate surface area is 458 Å². The number of primary amides is 1. The third kappa shape index (κ3) is 21.0. The summed E-state index contributed by atoms with van der Waals surface area (Å²) in [7, 11) is 9.84. The number of nitrogens with two attached hydrogens (primary N) is 1. The lowest BCUT2D eigenvalue weighted by Gasteiger charge is -2.41. The second kappa shape index (κ2) is 32.6. The zero-order valence-electron chi connectivity index (χ0n) is 50.1. The second-order valence-corrected chi connectivity index (χ2v) is 22.1. The number of nitrogens with one attached hydrogen (secondary N) is 3. The quantitative estimate of drug-likeness (QED) is 0.0604. The van der Waals surface area contributed by atoms with Gasteiger partial charge >= 0.3 is 0 Å². The van der Waals surface area contributed by atoms with E-state index >= 15 is 0 Å².